The van der Waals surface area contributed by atoms with Crippen molar-refractivity contribution in [2.75, 3.05) is 19.6 Å². The maximum Gasteiger partial charge on any atom is 0.241 e. The van der Waals surface area contributed by atoms with E-state index >= 15 is 0 Å². The third-order valence-corrected chi connectivity index (χ3v) is 5.96. The van der Waals surface area contributed by atoms with Crippen molar-refractivity contribution >= 4 is 15.9 Å². The zero-order valence-electron chi connectivity index (χ0n) is 13.7. The summed E-state index contributed by atoms with van der Waals surface area (Å²) in [4.78, 5) is 12.2. The van der Waals surface area contributed by atoms with Gasteiger partial charge in [0.05, 0.1) is 24.7 Å². The van der Waals surface area contributed by atoms with Crippen molar-refractivity contribution in [1.82, 2.24) is 15.4 Å². The molecule has 2 atom stereocenters. The second-order valence-corrected chi connectivity index (χ2v) is 8.16. The zero-order valence-corrected chi connectivity index (χ0v) is 14.5. The lowest BCUT2D eigenvalue weighted by Crippen LogP contribution is -2.50. The first kappa shape index (κ1) is 17.3. The van der Waals surface area contributed by atoms with Crippen LogP contribution in [0.2, 0.25) is 0 Å². The highest BCUT2D eigenvalue weighted by molar-refractivity contribution is 7.89. The summed E-state index contributed by atoms with van der Waals surface area (Å²) in [5.74, 6) is 0.0258. The maximum atomic E-state index is 12.4. The van der Waals surface area contributed by atoms with E-state index in [9.17, 15) is 13.2 Å². The number of piperidine rings is 1. The van der Waals surface area contributed by atoms with Crippen LogP contribution in [0, 0.1) is 5.92 Å². The molecule has 1 saturated heterocycles. The molecule has 24 heavy (non-hydrogen) atoms. The average molecular weight is 353 g/mol. The molecular weight excluding hydrogens is 330 g/mol. The number of nitrogens with one attached hydrogen (secondary N) is 3. The molecule has 1 fully saturated rings. The minimum absolute atomic E-state index is 0.0837. The fourth-order valence-corrected chi connectivity index (χ4v) is 4.08. The SMILES string of the molecule is CC1CNCCC1NC(=O)CNS(=O)(=O)c1ccc2c(c1)COC2. The van der Waals surface area contributed by atoms with Gasteiger partial charge in [-0.1, -0.05) is 13.0 Å². The second kappa shape index (κ2) is 7.18. The largest absolute Gasteiger partial charge is 0.372 e. The molecule has 1 amide bonds. The normalized spacial score (nSPS) is 23.7. The van der Waals surface area contributed by atoms with E-state index in [4.69, 9.17) is 4.74 Å². The molecule has 2 heterocycles. The Bertz CT molecular complexity index is 720. The highest BCUT2D eigenvalue weighted by atomic mass is 32.2. The lowest BCUT2D eigenvalue weighted by atomic mass is 9.95. The number of sulfonamides is 1. The number of ether oxygens (including phenoxy) is 1. The topological polar surface area (TPSA) is 96.5 Å². The van der Waals surface area contributed by atoms with Crippen molar-refractivity contribution in [2.24, 2.45) is 5.92 Å². The van der Waals surface area contributed by atoms with Gasteiger partial charge in [-0.15, -0.1) is 0 Å². The van der Waals surface area contributed by atoms with E-state index in [1.165, 1.54) is 0 Å². The summed E-state index contributed by atoms with van der Waals surface area (Å²) in [6, 6.07) is 4.99. The predicted molar refractivity (Wildman–Crippen MR) is 88.7 cm³/mol. The van der Waals surface area contributed by atoms with E-state index in [-0.39, 0.29) is 23.4 Å². The van der Waals surface area contributed by atoms with Crippen LogP contribution in [0.25, 0.3) is 0 Å². The number of benzene rings is 1. The first-order valence-corrected chi connectivity index (χ1v) is 9.63. The highest BCUT2D eigenvalue weighted by Crippen LogP contribution is 2.22. The first-order chi connectivity index (χ1) is 11.5. The van der Waals surface area contributed by atoms with E-state index in [1.54, 1.807) is 18.2 Å². The Morgan fingerprint density at radius 2 is 2.12 bits per heavy atom. The Balaban J connectivity index is 1.57. The van der Waals surface area contributed by atoms with E-state index in [0.717, 1.165) is 30.6 Å². The Morgan fingerprint density at radius 3 is 2.92 bits per heavy atom. The third-order valence-electron chi connectivity index (χ3n) is 4.56. The monoisotopic (exact) mass is 353 g/mol. The van der Waals surface area contributed by atoms with Crippen LogP contribution in [0.3, 0.4) is 0 Å². The standard InChI is InChI=1S/C16H23N3O4S/c1-11-7-17-5-4-15(11)19-16(20)8-18-24(21,22)14-3-2-12-9-23-10-13(12)6-14/h2-3,6,11,15,17-18H,4-5,7-10H2,1H3,(H,19,20). The lowest BCUT2D eigenvalue weighted by Gasteiger charge is -2.30. The van der Waals surface area contributed by atoms with Gasteiger partial charge in [0.15, 0.2) is 0 Å². The molecule has 132 valence electrons. The fourth-order valence-electron chi connectivity index (χ4n) is 3.05. The molecule has 0 bridgehead atoms. The van der Waals surface area contributed by atoms with Crippen LogP contribution in [0.4, 0.5) is 0 Å². The molecule has 7 nitrogen and oxygen atoms in total. The van der Waals surface area contributed by atoms with Crippen LogP contribution in [0.15, 0.2) is 23.1 Å². The summed E-state index contributed by atoms with van der Waals surface area (Å²) >= 11 is 0. The minimum Gasteiger partial charge on any atom is -0.372 e. The Labute approximate surface area is 142 Å². The molecule has 1 aromatic rings. The quantitative estimate of drug-likeness (QED) is 0.698. The average Bonchev–Trinajstić information content (AvgIpc) is 3.03. The van der Waals surface area contributed by atoms with Gasteiger partial charge < -0.3 is 15.4 Å². The molecule has 0 spiro atoms. The van der Waals surface area contributed by atoms with Gasteiger partial charge in [0.25, 0.3) is 0 Å². The van der Waals surface area contributed by atoms with Gasteiger partial charge >= 0.3 is 0 Å². The zero-order chi connectivity index (χ0) is 17.2. The molecule has 2 aliphatic rings. The van der Waals surface area contributed by atoms with Crippen LogP contribution in [0.5, 0.6) is 0 Å². The number of amides is 1. The van der Waals surface area contributed by atoms with Crippen LogP contribution in [-0.4, -0.2) is 40.0 Å². The van der Waals surface area contributed by atoms with Crippen molar-refractivity contribution in [3.63, 3.8) is 0 Å². The lowest BCUT2D eigenvalue weighted by molar-refractivity contribution is -0.121. The number of carbonyl (C=O) groups excluding carboxylic acids is 1. The van der Waals surface area contributed by atoms with Crippen LogP contribution in [-0.2, 0) is 32.8 Å². The summed E-state index contributed by atoms with van der Waals surface area (Å²) in [6.07, 6.45) is 0.852. The molecule has 3 rings (SSSR count). The summed E-state index contributed by atoms with van der Waals surface area (Å²) in [5.41, 5.74) is 1.89. The molecule has 8 heteroatoms. The number of rotatable bonds is 5. The van der Waals surface area contributed by atoms with Gasteiger partial charge in [0.2, 0.25) is 15.9 Å². The van der Waals surface area contributed by atoms with Gasteiger partial charge in [-0.25, -0.2) is 13.1 Å². The molecule has 3 N–H and O–H groups in total. The molecule has 2 aliphatic heterocycles. The van der Waals surface area contributed by atoms with E-state index in [2.05, 4.69) is 22.3 Å². The van der Waals surface area contributed by atoms with Gasteiger partial charge in [0.1, 0.15) is 0 Å². The maximum absolute atomic E-state index is 12.4. The van der Waals surface area contributed by atoms with E-state index in [0.29, 0.717) is 19.1 Å². The summed E-state index contributed by atoms with van der Waals surface area (Å²) in [6.45, 7) is 4.46. The second-order valence-electron chi connectivity index (χ2n) is 6.39. The van der Waals surface area contributed by atoms with E-state index < -0.39 is 10.0 Å². The summed E-state index contributed by atoms with van der Waals surface area (Å²) in [5, 5.41) is 6.17. The van der Waals surface area contributed by atoms with Crippen molar-refractivity contribution in [2.45, 2.75) is 37.5 Å². The van der Waals surface area contributed by atoms with E-state index in [1.807, 2.05) is 0 Å². The van der Waals surface area contributed by atoms with Gasteiger partial charge in [-0.2, -0.15) is 0 Å². The minimum atomic E-state index is -3.71. The predicted octanol–water partition coefficient (Wildman–Crippen LogP) is 0.109. The Kier molecular flexibility index (Phi) is 5.19. The van der Waals surface area contributed by atoms with Gasteiger partial charge in [-0.3, -0.25) is 4.79 Å². The van der Waals surface area contributed by atoms with Crippen molar-refractivity contribution in [3.8, 4) is 0 Å². The number of hydrogen-bond donors (Lipinski definition) is 3. The first-order valence-electron chi connectivity index (χ1n) is 8.15. The molecule has 0 saturated carbocycles. The summed E-state index contributed by atoms with van der Waals surface area (Å²) < 4.78 is 32.4. The fraction of sp³-hybridized carbons (Fsp3) is 0.562. The number of carbonyl (C=O) groups is 1. The van der Waals surface area contributed by atoms with Crippen LogP contribution < -0.4 is 15.4 Å². The molecule has 0 aliphatic carbocycles. The molecular formula is C16H23N3O4S. The third kappa shape index (κ3) is 3.94. The van der Waals surface area contributed by atoms with Crippen molar-refractivity contribution < 1.29 is 17.9 Å². The molecule has 1 aromatic carbocycles. The van der Waals surface area contributed by atoms with Crippen molar-refractivity contribution in [3.05, 3.63) is 29.3 Å². The number of hydrogen-bond acceptors (Lipinski definition) is 5. The smallest absolute Gasteiger partial charge is 0.241 e. The summed E-state index contributed by atoms with van der Waals surface area (Å²) in [7, 11) is -3.71. The molecule has 0 aromatic heterocycles. The molecule has 0 radical (unpaired) electrons. The number of fused-ring (bicyclic) bond motifs is 1. The Morgan fingerprint density at radius 1 is 1.33 bits per heavy atom. The van der Waals surface area contributed by atoms with Crippen LogP contribution >= 0.6 is 0 Å². The van der Waals surface area contributed by atoms with Crippen molar-refractivity contribution in [1.29, 1.82) is 0 Å². The van der Waals surface area contributed by atoms with Gasteiger partial charge in [-0.05, 0) is 48.7 Å². The van der Waals surface area contributed by atoms with Gasteiger partial charge in [0, 0.05) is 6.04 Å². The van der Waals surface area contributed by atoms with Crippen LogP contribution in [0.1, 0.15) is 24.5 Å². The Hall–Kier alpha value is -1.48. The molecule has 2 unspecified atom stereocenters. The highest BCUT2D eigenvalue weighted by Gasteiger charge is 2.24.